The zero-order chi connectivity index (χ0) is 14.1. The first-order chi connectivity index (χ1) is 9.65. The van der Waals surface area contributed by atoms with Crippen LogP contribution in [0.15, 0.2) is 24.3 Å². The molecule has 0 bridgehead atoms. The minimum Gasteiger partial charge on any atom is -0.386 e. The van der Waals surface area contributed by atoms with Crippen LogP contribution in [-0.4, -0.2) is 10.1 Å². The predicted octanol–water partition coefficient (Wildman–Crippen LogP) is 5.17. The number of thiazole rings is 1. The summed E-state index contributed by atoms with van der Waals surface area (Å²) in [6, 6.07) is 7.91. The van der Waals surface area contributed by atoms with Crippen molar-refractivity contribution >= 4 is 22.9 Å². The van der Waals surface area contributed by atoms with E-state index in [1.165, 1.54) is 36.3 Å². The van der Waals surface area contributed by atoms with Crippen LogP contribution in [-0.2, 0) is 0 Å². The molecule has 1 aliphatic carbocycles. The number of halogens is 1. The Morgan fingerprint density at radius 1 is 1.25 bits per heavy atom. The molecular weight excluding hydrogens is 290 g/mol. The molecule has 1 fully saturated rings. The lowest BCUT2D eigenvalue weighted by Gasteiger charge is -2.09. The molecule has 1 aliphatic rings. The molecule has 4 heteroatoms. The summed E-state index contributed by atoms with van der Waals surface area (Å²) in [4.78, 5) is 5.92. The Hall–Kier alpha value is -0.900. The van der Waals surface area contributed by atoms with Crippen LogP contribution < -0.4 is 0 Å². The highest BCUT2D eigenvalue weighted by atomic mass is 35.5. The third kappa shape index (κ3) is 2.76. The van der Waals surface area contributed by atoms with Crippen LogP contribution in [0.5, 0.6) is 0 Å². The summed E-state index contributed by atoms with van der Waals surface area (Å²) in [7, 11) is 0. The average molecular weight is 308 g/mol. The van der Waals surface area contributed by atoms with Crippen molar-refractivity contribution in [2.75, 3.05) is 0 Å². The van der Waals surface area contributed by atoms with Gasteiger partial charge in [-0.15, -0.1) is 11.3 Å². The molecule has 1 N–H and O–H groups in total. The molecule has 1 atom stereocenters. The summed E-state index contributed by atoms with van der Waals surface area (Å²) in [5.41, 5.74) is 2.33. The summed E-state index contributed by atoms with van der Waals surface area (Å²) < 4.78 is 0. The second-order valence-corrected chi connectivity index (χ2v) is 6.90. The van der Waals surface area contributed by atoms with Gasteiger partial charge in [-0.1, -0.05) is 36.6 Å². The first-order valence-electron chi connectivity index (χ1n) is 7.10. The van der Waals surface area contributed by atoms with Gasteiger partial charge in [-0.3, -0.25) is 0 Å². The van der Waals surface area contributed by atoms with Crippen LogP contribution in [0.1, 0.15) is 55.3 Å². The van der Waals surface area contributed by atoms with Gasteiger partial charge in [0.05, 0.1) is 10.6 Å². The zero-order valence-corrected chi connectivity index (χ0v) is 13.0. The molecule has 2 aromatic rings. The number of hydrogen-bond acceptors (Lipinski definition) is 3. The van der Waals surface area contributed by atoms with Gasteiger partial charge in [-0.05, 0) is 37.5 Å². The number of aromatic nitrogens is 1. The summed E-state index contributed by atoms with van der Waals surface area (Å²) in [5, 5.41) is 11.4. The lowest BCUT2D eigenvalue weighted by atomic mass is 10.0. The number of rotatable bonds is 3. The van der Waals surface area contributed by atoms with Crippen LogP contribution in [0.25, 0.3) is 10.4 Å². The molecule has 3 rings (SSSR count). The molecule has 106 valence electrons. The normalized spacial score (nSPS) is 17.6. The van der Waals surface area contributed by atoms with Crippen LogP contribution in [0, 0.1) is 0 Å². The molecule has 0 saturated heterocycles. The van der Waals surface area contributed by atoms with E-state index in [1.54, 1.807) is 18.3 Å². The Kier molecular flexibility index (Phi) is 4.11. The SMILES string of the molecule is CC(O)c1nc(C2CCCC2)c(-c2ccc(Cl)cc2)s1. The van der Waals surface area contributed by atoms with Gasteiger partial charge in [0.1, 0.15) is 11.1 Å². The van der Waals surface area contributed by atoms with Crippen LogP contribution >= 0.6 is 22.9 Å². The van der Waals surface area contributed by atoms with Crippen molar-refractivity contribution in [2.24, 2.45) is 0 Å². The van der Waals surface area contributed by atoms with E-state index in [2.05, 4.69) is 0 Å². The molecule has 1 heterocycles. The molecule has 0 amide bonds. The van der Waals surface area contributed by atoms with Crippen molar-refractivity contribution in [2.45, 2.75) is 44.6 Å². The van der Waals surface area contributed by atoms with E-state index in [0.29, 0.717) is 5.92 Å². The molecule has 0 aliphatic heterocycles. The van der Waals surface area contributed by atoms with Crippen molar-refractivity contribution in [1.29, 1.82) is 0 Å². The van der Waals surface area contributed by atoms with Crippen molar-refractivity contribution < 1.29 is 5.11 Å². The fourth-order valence-corrected chi connectivity index (χ4v) is 4.03. The van der Waals surface area contributed by atoms with E-state index >= 15 is 0 Å². The van der Waals surface area contributed by atoms with Gasteiger partial charge in [-0.25, -0.2) is 4.98 Å². The lowest BCUT2D eigenvalue weighted by Crippen LogP contribution is -1.97. The fraction of sp³-hybridized carbons (Fsp3) is 0.438. The number of aliphatic hydroxyl groups is 1. The minimum atomic E-state index is -0.499. The number of aliphatic hydroxyl groups excluding tert-OH is 1. The topological polar surface area (TPSA) is 33.1 Å². The predicted molar refractivity (Wildman–Crippen MR) is 84.4 cm³/mol. The molecule has 1 saturated carbocycles. The van der Waals surface area contributed by atoms with Crippen molar-refractivity contribution in [3.05, 3.63) is 40.0 Å². The van der Waals surface area contributed by atoms with Crippen molar-refractivity contribution in [1.82, 2.24) is 4.98 Å². The monoisotopic (exact) mass is 307 g/mol. The fourth-order valence-electron chi connectivity index (χ4n) is 2.81. The van der Waals surface area contributed by atoms with Gasteiger partial charge >= 0.3 is 0 Å². The highest BCUT2D eigenvalue weighted by Gasteiger charge is 2.25. The molecule has 20 heavy (non-hydrogen) atoms. The maximum atomic E-state index is 9.82. The number of benzene rings is 1. The Morgan fingerprint density at radius 3 is 2.50 bits per heavy atom. The Balaban J connectivity index is 2.05. The first-order valence-corrected chi connectivity index (χ1v) is 8.29. The maximum Gasteiger partial charge on any atom is 0.122 e. The van der Waals surface area contributed by atoms with Gasteiger partial charge in [0.15, 0.2) is 0 Å². The number of hydrogen-bond donors (Lipinski definition) is 1. The smallest absolute Gasteiger partial charge is 0.122 e. The van der Waals surface area contributed by atoms with Crippen LogP contribution in [0.2, 0.25) is 5.02 Å². The summed E-state index contributed by atoms with van der Waals surface area (Å²) in [5.74, 6) is 0.546. The van der Waals surface area contributed by atoms with Crippen molar-refractivity contribution in [3.63, 3.8) is 0 Å². The Bertz CT molecular complexity index is 585. The highest BCUT2D eigenvalue weighted by molar-refractivity contribution is 7.15. The van der Waals surface area contributed by atoms with E-state index in [-0.39, 0.29) is 0 Å². The molecule has 1 unspecified atom stereocenters. The molecule has 1 aromatic carbocycles. The van der Waals surface area contributed by atoms with Gasteiger partial charge < -0.3 is 5.11 Å². The number of nitrogens with zero attached hydrogens (tertiary/aromatic N) is 1. The van der Waals surface area contributed by atoms with Gasteiger partial charge in [0.2, 0.25) is 0 Å². The van der Waals surface area contributed by atoms with Crippen molar-refractivity contribution in [3.8, 4) is 10.4 Å². The summed E-state index contributed by atoms with van der Waals surface area (Å²) in [6.07, 6.45) is 4.49. The lowest BCUT2D eigenvalue weighted by molar-refractivity contribution is 0.198. The zero-order valence-electron chi connectivity index (χ0n) is 11.5. The molecule has 0 spiro atoms. The summed E-state index contributed by atoms with van der Waals surface area (Å²) in [6.45, 7) is 1.78. The standard InChI is InChI=1S/C16H18ClNOS/c1-10(19)16-18-14(11-4-2-3-5-11)15(20-16)12-6-8-13(17)9-7-12/h6-11,19H,2-5H2,1H3. The largest absolute Gasteiger partial charge is 0.386 e. The van der Waals surface area contributed by atoms with E-state index in [9.17, 15) is 5.11 Å². The summed E-state index contributed by atoms with van der Waals surface area (Å²) >= 11 is 7.58. The van der Waals surface area contributed by atoms with E-state index in [0.717, 1.165) is 15.6 Å². The Morgan fingerprint density at radius 2 is 1.90 bits per heavy atom. The second kappa shape index (κ2) is 5.84. The van der Waals surface area contributed by atoms with Crippen LogP contribution in [0.4, 0.5) is 0 Å². The minimum absolute atomic E-state index is 0.499. The van der Waals surface area contributed by atoms with E-state index in [4.69, 9.17) is 16.6 Å². The Labute approximate surface area is 128 Å². The molecular formula is C16H18ClNOS. The molecule has 2 nitrogen and oxygen atoms in total. The quantitative estimate of drug-likeness (QED) is 0.848. The molecule has 0 radical (unpaired) electrons. The van der Waals surface area contributed by atoms with Gasteiger partial charge in [0, 0.05) is 10.9 Å². The highest BCUT2D eigenvalue weighted by Crippen LogP contribution is 2.42. The maximum absolute atomic E-state index is 9.82. The van der Waals surface area contributed by atoms with E-state index < -0.39 is 6.10 Å². The second-order valence-electron chi connectivity index (χ2n) is 5.43. The third-order valence-corrected chi connectivity index (χ3v) is 5.42. The average Bonchev–Trinajstić information content (AvgIpc) is 3.08. The third-order valence-electron chi connectivity index (χ3n) is 3.88. The van der Waals surface area contributed by atoms with Gasteiger partial charge in [-0.2, -0.15) is 0 Å². The van der Waals surface area contributed by atoms with Gasteiger partial charge in [0.25, 0.3) is 0 Å². The first kappa shape index (κ1) is 14.1. The van der Waals surface area contributed by atoms with Crippen LogP contribution in [0.3, 0.4) is 0 Å². The molecule has 1 aromatic heterocycles. The van der Waals surface area contributed by atoms with E-state index in [1.807, 2.05) is 24.3 Å².